The number of pyridine rings is 1. The topological polar surface area (TPSA) is 46.4 Å². The van der Waals surface area contributed by atoms with Crippen molar-refractivity contribution >= 4 is 11.6 Å². The van der Waals surface area contributed by atoms with E-state index < -0.39 is 0 Å². The molecular formula is C16H15N3O. The fourth-order valence-corrected chi connectivity index (χ4v) is 2.11. The standard InChI is InChI=1S/C16H15N3O/c20-16(10-13-6-2-1-3-7-13)17-11-14-12-19-9-5-4-8-15(19)18-14/h1-9,12H,10-11H2,(H,17,20). The average Bonchev–Trinajstić information content (AvgIpc) is 2.89. The minimum Gasteiger partial charge on any atom is -0.350 e. The Balaban J connectivity index is 1.60. The molecule has 0 aliphatic carbocycles. The van der Waals surface area contributed by atoms with Gasteiger partial charge in [0.15, 0.2) is 0 Å². The Hall–Kier alpha value is -2.62. The third-order valence-electron chi connectivity index (χ3n) is 3.09. The molecule has 0 saturated carbocycles. The van der Waals surface area contributed by atoms with Gasteiger partial charge in [-0.05, 0) is 17.7 Å². The number of hydrogen-bond donors (Lipinski definition) is 1. The molecule has 4 heteroatoms. The Morgan fingerprint density at radius 1 is 1.10 bits per heavy atom. The predicted molar refractivity (Wildman–Crippen MR) is 77.2 cm³/mol. The van der Waals surface area contributed by atoms with Gasteiger partial charge in [-0.25, -0.2) is 4.98 Å². The van der Waals surface area contributed by atoms with Gasteiger partial charge in [-0.15, -0.1) is 0 Å². The van der Waals surface area contributed by atoms with Crippen molar-refractivity contribution in [2.24, 2.45) is 0 Å². The van der Waals surface area contributed by atoms with Crippen molar-refractivity contribution in [3.63, 3.8) is 0 Å². The number of rotatable bonds is 4. The van der Waals surface area contributed by atoms with Gasteiger partial charge in [-0.1, -0.05) is 36.4 Å². The molecule has 2 heterocycles. The largest absolute Gasteiger partial charge is 0.350 e. The van der Waals surface area contributed by atoms with Crippen molar-refractivity contribution in [2.45, 2.75) is 13.0 Å². The van der Waals surface area contributed by atoms with E-state index in [1.54, 1.807) is 0 Å². The van der Waals surface area contributed by atoms with E-state index in [9.17, 15) is 4.79 Å². The Labute approximate surface area is 117 Å². The molecular weight excluding hydrogens is 250 g/mol. The summed E-state index contributed by atoms with van der Waals surface area (Å²) >= 11 is 0. The van der Waals surface area contributed by atoms with Crippen LogP contribution >= 0.6 is 0 Å². The minimum absolute atomic E-state index is 0.00764. The average molecular weight is 265 g/mol. The van der Waals surface area contributed by atoms with Crippen molar-refractivity contribution in [3.05, 3.63) is 72.2 Å². The highest BCUT2D eigenvalue weighted by atomic mass is 16.1. The first-order valence-corrected chi connectivity index (χ1v) is 6.54. The van der Waals surface area contributed by atoms with Crippen LogP contribution in [-0.4, -0.2) is 15.3 Å². The lowest BCUT2D eigenvalue weighted by Gasteiger charge is -2.03. The van der Waals surface area contributed by atoms with Gasteiger partial charge in [0.1, 0.15) is 5.65 Å². The Morgan fingerprint density at radius 2 is 1.90 bits per heavy atom. The molecule has 100 valence electrons. The van der Waals surface area contributed by atoms with E-state index in [2.05, 4.69) is 10.3 Å². The predicted octanol–water partition coefficient (Wildman–Crippen LogP) is 2.19. The first-order valence-electron chi connectivity index (χ1n) is 6.54. The molecule has 0 atom stereocenters. The minimum atomic E-state index is 0.00764. The lowest BCUT2D eigenvalue weighted by atomic mass is 10.1. The lowest BCUT2D eigenvalue weighted by Crippen LogP contribution is -2.24. The van der Waals surface area contributed by atoms with Crippen LogP contribution in [0.3, 0.4) is 0 Å². The van der Waals surface area contributed by atoms with E-state index in [-0.39, 0.29) is 5.91 Å². The molecule has 0 saturated heterocycles. The van der Waals surface area contributed by atoms with E-state index in [0.717, 1.165) is 16.9 Å². The van der Waals surface area contributed by atoms with Crippen molar-refractivity contribution in [1.82, 2.24) is 14.7 Å². The van der Waals surface area contributed by atoms with Gasteiger partial charge < -0.3 is 9.72 Å². The molecule has 0 radical (unpaired) electrons. The zero-order valence-electron chi connectivity index (χ0n) is 11.0. The van der Waals surface area contributed by atoms with Gasteiger partial charge in [0, 0.05) is 12.4 Å². The summed E-state index contributed by atoms with van der Waals surface area (Å²) in [6.07, 6.45) is 4.27. The quantitative estimate of drug-likeness (QED) is 0.786. The smallest absolute Gasteiger partial charge is 0.224 e. The van der Waals surface area contributed by atoms with Crippen molar-refractivity contribution in [1.29, 1.82) is 0 Å². The number of carbonyl (C=O) groups excluding carboxylic acids is 1. The van der Waals surface area contributed by atoms with Crippen LogP contribution in [0.5, 0.6) is 0 Å². The van der Waals surface area contributed by atoms with Crippen LogP contribution < -0.4 is 5.32 Å². The first kappa shape index (κ1) is 12.4. The maximum atomic E-state index is 11.9. The zero-order valence-corrected chi connectivity index (χ0v) is 11.0. The number of carbonyl (C=O) groups is 1. The van der Waals surface area contributed by atoms with E-state index >= 15 is 0 Å². The van der Waals surface area contributed by atoms with Crippen LogP contribution in [0.15, 0.2) is 60.9 Å². The van der Waals surface area contributed by atoms with Gasteiger partial charge in [0.2, 0.25) is 5.91 Å². The molecule has 0 fully saturated rings. The van der Waals surface area contributed by atoms with Crippen LogP contribution in [0.25, 0.3) is 5.65 Å². The SMILES string of the molecule is O=C(Cc1ccccc1)NCc1cn2ccccc2n1. The molecule has 2 aromatic heterocycles. The van der Waals surface area contributed by atoms with E-state index in [1.165, 1.54) is 0 Å². The summed E-state index contributed by atoms with van der Waals surface area (Å²) in [5.41, 5.74) is 2.76. The second kappa shape index (κ2) is 5.57. The Kier molecular flexibility index (Phi) is 3.46. The monoisotopic (exact) mass is 265 g/mol. The molecule has 3 aromatic rings. The normalized spacial score (nSPS) is 10.6. The van der Waals surface area contributed by atoms with Crippen LogP contribution in [0.4, 0.5) is 0 Å². The molecule has 3 rings (SSSR count). The maximum Gasteiger partial charge on any atom is 0.224 e. The summed E-state index contributed by atoms with van der Waals surface area (Å²) in [5.74, 6) is 0.00764. The van der Waals surface area contributed by atoms with Gasteiger partial charge in [-0.3, -0.25) is 4.79 Å². The number of nitrogens with zero attached hydrogens (tertiary/aromatic N) is 2. The summed E-state index contributed by atoms with van der Waals surface area (Å²) in [6.45, 7) is 0.452. The molecule has 0 aliphatic heterocycles. The number of amides is 1. The third kappa shape index (κ3) is 2.85. The van der Waals surface area contributed by atoms with Gasteiger partial charge in [0.25, 0.3) is 0 Å². The lowest BCUT2D eigenvalue weighted by molar-refractivity contribution is -0.120. The van der Waals surface area contributed by atoms with Gasteiger partial charge >= 0.3 is 0 Å². The molecule has 1 N–H and O–H groups in total. The van der Waals surface area contributed by atoms with Crippen LogP contribution in [-0.2, 0) is 17.8 Å². The zero-order chi connectivity index (χ0) is 13.8. The molecule has 4 nitrogen and oxygen atoms in total. The van der Waals surface area contributed by atoms with Crippen molar-refractivity contribution < 1.29 is 4.79 Å². The molecule has 0 aliphatic rings. The van der Waals surface area contributed by atoms with Crippen LogP contribution in [0.2, 0.25) is 0 Å². The summed E-state index contributed by atoms with van der Waals surface area (Å²) < 4.78 is 1.94. The maximum absolute atomic E-state index is 11.9. The summed E-state index contributed by atoms with van der Waals surface area (Å²) in [7, 11) is 0. The highest BCUT2D eigenvalue weighted by molar-refractivity contribution is 5.78. The summed E-state index contributed by atoms with van der Waals surface area (Å²) in [6, 6.07) is 15.5. The molecule has 0 spiro atoms. The molecule has 20 heavy (non-hydrogen) atoms. The third-order valence-corrected chi connectivity index (χ3v) is 3.09. The van der Waals surface area contributed by atoms with Crippen molar-refractivity contribution in [3.8, 4) is 0 Å². The number of benzene rings is 1. The number of aromatic nitrogens is 2. The summed E-state index contributed by atoms with van der Waals surface area (Å²) in [5, 5.41) is 2.89. The van der Waals surface area contributed by atoms with Crippen LogP contribution in [0.1, 0.15) is 11.3 Å². The van der Waals surface area contributed by atoms with Crippen molar-refractivity contribution in [2.75, 3.05) is 0 Å². The van der Waals surface area contributed by atoms with Gasteiger partial charge in [-0.2, -0.15) is 0 Å². The van der Waals surface area contributed by atoms with Crippen LogP contribution in [0, 0.1) is 0 Å². The van der Waals surface area contributed by atoms with E-state index in [0.29, 0.717) is 13.0 Å². The highest BCUT2D eigenvalue weighted by Gasteiger charge is 2.05. The highest BCUT2D eigenvalue weighted by Crippen LogP contribution is 2.04. The number of imidazole rings is 1. The number of nitrogens with one attached hydrogen (secondary N) is 1. The Bertz CT molecular complexity index is 686. The first-order chi connectivity index (χ1) is 9.81. The number of hydrogen-bond acceptors (Lipinski definition) is 2. The van der Waals surface area contributed by atoms with E-state index in [1.807, 2.05) is 65.3 Å². The molecule has 0 bridgehead atoms. The van der Waals surface area contributed by atoms with Gasteiger partial charge in [0.05, 0.1) is 18.7 Å². The second-order valence-electron chi connectivity index (χ2n) is 4.64. The number of fused-ring (bicyclic) bond motifs is 1. The molecule has 1 amide bonds. The molecule has 1 aromatic carbocycles. The fourth-order valence-electron chi connectivity index (χ4n) is 2.11. The second-order valence-corrected chi connectivity index (χ2v) is 4.64. The summed E-state index contributed by atoms with van der Waals surface area (Å²) in [4.78, 5) is 16.3. The fraction of sp³-hybridized carbons (Fsp3) is 0.125. The molecule has 0 unspecified atom stereocenters. The van der Waals surface area contributed by atoms with E-state index in [4.69, 9.17) is 0 Å². The Morgan fingerprint density at radius 3 is 2.70 bits per heavy atom.